The Kier molecular flexibility index (Phi) is 4.67. The Balaban J connectivity index is 1.51. The molecule has 0 unspecified atom stereocenters. The first-order chi connectivity index (χ1) is 13.2. The summed E-state index contributed by atoms with van der Waals surface area (Å²) < 4.78 is 0. The number of fused-ring (bicyclic) bond motifs is 1. The Morgan fingerprint density at radius 2 is 2.11 bits per heavy atom. The number of thioether (sulfide) groups is 1. The molecule has 1 amide bonds. The largest absolute Gasteiger partial charge is 0.368 e. The number of amides is 1. The Hall–Kier alpha value is -3.46. The molecule has 9 heteroatoms. The minimum Gasteiger partial charge on any atom is -0.368 e. The number of pyridine rings is 1. The number of nitrogens with one attached hydrogen (secondary N) is 2. The van der Waals surface area contributed by atoms with E-state index in [-0.39, 0.29) is 11.9 Å². The number of benzene rings is 1. The zero-order valence-electron chi connectivity index (χ0n) is 14.1. The molecular formula is C18H15N7OS. The normalized spacial score (nSPS) is 10.8. The van der Waals surface area contributed by atoms with Crippen LogP contribution in [0, 0.1) is 0 Å². The standard InChI is InChI=1S/C18H15N7OS/c19-18-21-7-5-13(24-18)10-27-17-14(2-1-6-20-17)16(26)23-12-4-3-11-9-22-25-15(11)8-12/h1-9H,10H2,(H,22,25)(H,23,26)(H2,19,21,24). The number of nitrogens with zero attached hydrogens (tertiary/aromatic N) is 4. The third kappa shape index (κ3) is 3.87. The van der Waals surface area contributed by atoms with Crippen molar-refractivity contribution in [3.8, 4) is 0 Å². The van der Waals surface area contributed by atoms with E-state index in [0.29, 0.717) is 22.0 Å². The number of nitrogens with two attached hydrogens (primary N) is 1. The Morgan fingerprint density at radius 3 is 3.00 bits per heavy atom. The van der Waals surface area contributed by atoms with Gasteiger partial charge >= 0.3 is 0 Å². The van der Waals surface area contributed by atoms with Crippen LogP contribution >= 0.6 is 11.8 Å². The van der Waals surface area contributed by atoms with Crippen LogP contribution < -0.4 is 11.1 Å². The Bertz CT molecular complexity index is 1110. The molecule has 0 saturated carbocycles. The van der Waals surface area contributed by atoms with Gasteiger partial charge in [-0.15, -0.1) is 0 Å². The molecule has 0 fully saturated rings. The summed E-state index contributed by atoms with van der Waals surface area (Å²) in [5.74, 6) is 0.525. The van der Waals surface area contributed by atoms with E-state index in [0.717, 1.165) is 16.6 Å². The van der Waals surface area contributed by atoms with Crippen molar-refractivity contribution in [2.75, 3.05) is 11.1 Å². The summed E-state index contributed by atoms with van der Waals surface area (Å²) in [4.78, 5) is 25.1. The van der Waals surface area contributed by atoms with Crippen molar-refractivity contribution in [1.29, 1.82) is 0 Å². The molecule has 3 aromatic heterocycles. The predicted molar refractivity (Wildman–Crippen MR) is 104 cm³/mol. The van der Waals surface area contributed by atoms with Gasteiger partial charge in [-0.05, 0) is 36.4 Å². The lowest BCUT2D eigenvalue weighted by molar-refractivity contribution is 0.102. The molecule has 0 spiro atoms. The van der Waals surface area contributed by atoms with Crippen molar-refractivity contribution in [1.82, 2.24) is 25.1 Å². The van der Waals surface area contributed by atoms with Gasteiger partial charge in [-0.25, -0.2) is 15.0 Å². The lowest BCUT2D eigenvalue weighted by Gasteiger charge is -2.09. The van der Waals surface area contributed by atoms with E-state index in [1.165, 1.54) is 11.8 Å². The number of carbonyl (C=O) groups is 1. The van der Waals surface area contributed by atoms with Crippen molar-refractivity contribution < 1.29 is 4.79 Å². The quantitative estimate of drug-likeness (QED) is 0.457. The molecular weight excluding hydrogens is 362 g/mol. The Labute approximate surface area is 158 Å². The number of hydrogen-bond donors (Lipinski definition) is 3. The number of rotatable bonds is 5. The van der Waals surface area contributed by atoms with E-state index >= 15 is 0 Å². The second kappa shape index (κ2) is 7.42. The highest BCUT2D eigenvalue weighted by Crippen LogP contribution is 2.25. The first kappa shape index (κ1) is 17.0. The number of nitrogen functional groups attached to an aromatic ring is 1. The van der Waals surface area contributed by atoms with E-state index in [4.69, 9.17) is 5.73 Å². The molecule has 3 heterocycles. The van der Waals surface area contributed by atoms with Crippen LogP contribution in [0.25, 0.3) is 10.9 Å². The third-order valence-electron chi connectivity index (χ3n) is 3.80. The maximum atomic E-state index is 12.7. The fourth-order valence-electron chi connectivity index (χ4n) is 2.53. The van der Waals surface area contributed by atoms with Gasteiger partial charge in [0.05, 0.1) is 23.0 Å². The van der Waals surface area contributed by atoms with Crippen LogP contribution in [-0.4, -0.2) is 31.1 Å². The zero-order valence-corrected chi connectivity index (χ0v) is 14.9. The van der Waals surface area contributed by atoms with E-state index in [1.54, 1.807) is 36.8 Å². The van der Waals surface area contributed by atoms with Crippen molar-refractivity contribution in [2.45, 2.75) is 10.8 Å². The fraction of sp³-hybridized carbons (Fsp3) is 0.0556. The highest BCUT2D eigenvalue weighted by atomic mass is 32.2. The molecule has 27 heavy (non-hydrogen) atoms. The van der Waals surface area contributed by atoms with Gasteiger partial charge in [0.1, 0.15) is 5.03 Å². The Morgan fingerprint density at radius 1 is 1.19 bits per heavy atom. The van der Waals surface area contributed by atoms with Gasteiger partial charge in [0.2, 0.25) is 5.95 Å². The van der Waals surface area contributed by atoms with Crippen LogP contribution in [0.3, 0.4) is 0 Å². The first-order valence-corrected chi connectivity index (χ1v) is 9.07. The molecule has 4 rings (SSSR count). The molecule has 0 aliphatic heterocycles. The van der Waals surface area contributed by atoms with E-state index in [1.807, 2.05) is 18.2 Å². The maximum absolute atomic E-state index is 12.7. The van der Waals surface area contributed by atoms with E-state index in [2.05, 4.69) is 30.5 Å². The van der Waals surface area contributed by atoms with Gasteiger partial charge in [0, 0.05) is 29.2 Å². The van der Waals surface area contributed by atoms with Gasteiger partial charge in [-0.3, -0.25) is 9.89 Å². The van der Waals surface area contributed by atoms with E-state index < -0.39 is 0 Å². The molecule has 0 radical (unpaired) electrons. The monoisotopic (exact) mass is 377 g/mol. The van der Waals surface area contributed by atoms with Gasteiger partial charge in [0.25, 0.3) is 5.91 Å². The van der Waals surface area contributed by atoms with Gasteiger partial charge in [-0.1, -0.05) is 11.8 Å². The second-order valence-corrected chi connectivity index (χ2v) is 6.64. The number of aromatic nitrogens is 5. The maximum Gasteiger partial charge on any atom is 0.258 e. The molecule has 0 aliphatic rings. The summed E-state index contributed by atoms with van der Waals surface area (Å²) in [5.41, 5.74) is 8.41. The molecule has 0 atom stereocenters. The molecule has 0 saturated heterocycles. The minimum atomic E-state index is -0.230. The number of carbonyl (C=O) groups excluding carboxylic acids is 1. The second-order valence-electron chi connectivity index (χ2n) is 5.68. The summed E-state index contributed by atoms with van der Waals surface area (Å²) in [6.45, 7) is 0. The number of aromatic amines is 1. The molecule has 4 aromatic rings. The van der Waals surface area contributed by atoms with E-state index in [9.17, 15) is 4.79 Å². The highest BCUT2D eigenvalue weighted by molar-refractivity contribution is 7.98. The fourth-order valence-corrected chi connectivity index (χ4v) is 3.42. The smallest absolute Gasteiger partial charge is 0.258 e. The summed E-state index contributed by atoms with van der Waals surface area (Å²) in [5, 5.41) is 11.4. The molecule has 134 valence electrons. The lowest BCUT2D eigenvalue weighted by Crippen LogP contribution is -2.13. The van der Waals surface area contributed by atoms with Gasteiger partial charge in [-0.2, -0.15) is 5.10 Å². The van der Waals surface area contributed by atoms with Crippen molar-refractivity contribution >= 4 is 40.2 Å². The van der Waals surface area contributed by atoms with Crippen molar-refractivity contribution in [3.63, 3.8) is 0 Å². The average molecular weight is 377 g/mol. The lowest BCUT2D eigenvalue weighted by atomic mass is 10.2. The third-order valence-corrected chi connectivity index (χ3v) is 4.84. The molecule has 1 aromatic carbocycles. The van der Waals surface area contributed by atoms with Crippen LogP contribution in [0.5, 0.6) is 0 Å². The number of anilines is 2. The summed E-state index contributed by atoms with van der Waals surface area (Å²) >= 11 is 1.42. The first-order valence-electron chi connectivity index (χ1n) is 8.09. The summed E-state index contributed by atoms with van der Waals surface area (Å²) in [6, 6.07) is 10.8. The number of hydrogen-bond acceptors (Lipinski definition) is 7. The minimum absolute atomic E-state index is 0.223. The molecule has 8 nitrogen and oxygen atoms in total. The summed E-state index contributed by atoms with van der Waals surface area (Å²) in [6.07, 6.45) is 5.00. The van der Waals surface area contributed by atoms with Crippen LogP contribution in [-0.2, 0) is 5.75 Å². The van der Waals surface area contributed by atoms with Gasteiger partial charge < -0.3 is 11.1 Å². The molecule has 4 N–H and O–H groups in total. The highest BCUT2D eigenvalue weighted by Gasteiger charge is 2.14. The van der Waals surface area contributed by atoms with Crippen LogP contribution in [0.15, 0.2) is 60.0 Å². The SMILES string of the molecule is Nc1nccc(CSc2ncccc2C(=O)Nc2ccc3cn[nH]c3c2)n1. The van der Waals surface area contributed by atoms with Crippen molar-refractivity contribution in [2.24, 2.45) is 0 Å². The van der Waals surface area contributed by atoms with Crippen LogP contribution in [0.1, 0.15) is 16.1 Å². The number of H-pyrrole nitrogens is 1. The van der Waals surface area contributed by atoms with Crippen molar-refractivity contribution in [3.05, 3.63) is 66.2 Å². The molecule has 0 bridgehead atoms. The van der Waals surface area contributed by atoms with Crippen LogP contribution in [0.4, 0.5) is 11.6 Å². The predicted octanol–water partition coefficient (Wildman–Crippen LogP) is 2.87. The van der Waals surface area contributed by atoms with Gasteiger partial charge in [0.15, 0.2) is 0 Å². The van der Waals surface area contributed by atoms with Crippen LogP contribution in [0.2, 0.25) is 0 Å². The summed E-state index contributed by atoms with van der Waals surface area (Å²) in [7, 11) is 0. The molecule has 0 aliphatic carbocycles. The topological polar surface area (TPSA) is 122 Å². The average Bonchev–Trinajstić information content (AvgIpc) is 3.14. The zero-order chi connectivity index (χ0) is 18.6.